The maximum absolute atomic E-state index is 12.0. The third-order valence-corrected chi connectivity index (χ3v) is 17.4. The highest BCUT2D eigenvalue weighted by molar-refractivity contribution is 5.28. The molecule has 64 heavy (non-hydrogen) atoms. The van der Waals surface area contributed by atoms with Crippen molar-refractivity contribution < 1.29 is 94.4 Å². The van der Waals surface area contributed by atoms with Crippen molar-refractivity contribution in [2.24, 2.45) is 46.3 Å². The summed E-state index contributed by atoms with van der Waals surface area (Å²) in [5, 5.41) is 126. The Balaban J connectivity index is 1.03. The number of fused-ring (bicyclic) bond motifs is 7. The molecule has 0 spiro atoms. The maximum atomic E-state index is 12.0. The molecule has 3 saturated heterocycles. The molecule has 12 N–H and O–H groups in total. The van der Waals surface area contributed by atoms with Crippen molar-refractivity contribution in [3.8, 4) is 0 Å². The minimum atomic E-state index is -1.81. The van der Waals surface area contributed by atoms with E-state index in [-0.39, 0.29) is 47.9 Å². The van der Waals surface area contributed by atoms with Crippen LogP contribution >= 0.6 is 0 Å². The van der Waals surface area contributed by atoms with E-state index in [1.165, 1.54) is 0 Å². The second-order valence-electron chi connectivity index (χ2n) is 21.0. The van der Waals surface area contributed by atoms with Gasteiger partial charge in [0.15, 0.2) is 18.9 Å². The summed E-state index contributed by atoms with van der Waals surface area (Å²) < 4.78 is 43.0. The van der Waals surface area contributed by atoms with E-state index in [0.29, 0.717) is 37.5 Å². The molecule has 19 heteroatoms. The predicted molar refractivity (Wildman–Crippen MR) is 219 cm³/mol. The highest BCUT2D eigenvalue weighted by Gasteiger charge is 2.69. The largest absolute Gasteiger partial charge is 0.494 e. The fourth-order valence-corrected chi connectivity index (χ4v) is 13.7. The van der Waals surface area contributed by atoms with Gasteiger partial charge >= 0.3 is 0 Å². The van der Waals surface area contributed by atoms with Gasteiger partial charge in [0.25, 0.3) is 0 Å². The zero-order chi connectivity index (χ0) is 46.2. The Labute approximate surface area is 373 Å². The number of aliphatic hydroxyl groups excluding tert-OH is 12. The summed E-state index contributed by atoms with van der Waals surface area (Å²) in [7, 11) is 0. The molecule has 1 unspecified atom stereocenters. The van der Waals surface area contributed by atoms with Gasteiger partial charge in [-0.2, -0.15) is 0 Å². The monoisotopic (exact) mass is 918 g/mol. The van der Waals surface area contributed by atoms with Crippen molar-refractivity contribution in [2.45, 2.75) is 196 Å². The van der Waals surface area contributed by atoms with Gasteiger partial charge in [-0.05, 0) is 98.9 Å². The fourth-order valence-electron chi connectivity index (χ4n) is 13.7. The second-order valence-corrected chi connectivity index (χ2v) is 21.0. The van der Waals surface area contributed by atoms with Crippen molar-refractivity contribution in [1.29, 1.82) is 0 Å². The maximum Gasteiger partial charge on any atom is 0.187 e. The van der Waals surface area contributed by atoms with E-state index in [2.05, 4.69) is 20.8 Å². The molecule has 368 valence electrons. The van der Waals surface area contributed by atoms with E-state index >= 15 is 0 Å². The lowest BCUT2D eigenvalue weighted by atomic mass is 9.44. The van der Waals surface area contributed by atoms with Crippen LogP contribution in [-0.4, -0.2) is 198 Å². The van der Waals surface area contributed by atoms with E-state index in [1.54, 1.807) is 0 Å². The molecule has 0 amide bonds. The standard InChI is InChI=1S/C45H74O19/c1-18(17-58-41-37(55)35(53)32(50)27(14-46)60-41)5-8-25-19(2)31-26(59-25)12-24-22-7-6-20-11-21(49)9-10-44(20,3)23(22)13-30(45(24,31)4)63-43-39(57)40(34(52)29(16-48)62-43)64-42-38(56)36(54)33(51)28(15-47)61-42/h18,20-24,26-43,46-57H,5-17H2,1-4H3/t18-,20+,21-,22+,23-,24-,26-,27+,28+,29+,30?,31-,32+,33+,34+,35-,36-,37+,38+,39+,40-,41+,42-,43-,44-,45+/m0/s1. The van der Waals surface area contributed by atoms with Crippen LogP contribution in [-0.2, 0) is 33.2 Å². The van der Waals surface area contributed by atoms with Crippen LogP contribution in [0.15, 0.2) is 11.3 Å². The Bertz CT molecular complexity index is 1620. The van der Waals surface area contributed by atoms with Gasteiger partial charge in [-0.1, -0.05) is 20.8 Å². The van der Waals surface area contributed by atoms with Crippen molar-refractivity contribution in [3.05, 3.63) is 11.3 Å². The molecule has 8 aliphatic rings. The Hall–Kier alpha value is -1.18. The topological polar surface area (TPSA) is 307 Å². The molecule has 4 heterocycles. The number of hydrogen-bond donors (Lipinski definition) is 12. The molecule has 8 rings (SSSR count). The van der Waals surface area contributed by atoms with Crippen LogP contribution in [0.2, 0.25) is 0 Å². The van der Waals surface area contributed by atoms with Crippen LogP contribution < -0.4 is 0 Å². The first kappa shape index (κ1) is 49.2. The van der Waals surface area contributed by atoms with E-state index < -0.39 is 123 Å². The van der Waals surface area contributed by atoms with Gasteiger partial charge in [-0.3, -0.25) is 0 Å². The average Bonchev–Trinajstić information content (AvgIpc) is 3.76. The van der Waals surface area contributed by atoms with Crippen molar-refractivity contribution in [1.82, 2.24) is 0 Å². The highest BCUT2D eigenvalue weighted by atomic mass is 16.7. The number of aliphatic hydroxyl groups is 12. The van der Waals surface area contributed by atoms with Crippen LogP contribution in [0.1, 0.15) is 85.5 Å². The summed E-state index contributed by atoms with van der Waals surface area (Å²) in [4.78, 5) is 0. The van der Waals surface area contributed by atoms with E-state index in [1.807, 2.05) is 6.92 Å². The van der Waals surface area contributed by atoms with Crippen LogP contribution in [0, 0.1) is 46.3 Å². The molecule has 0 aromatic rings. The number of hydrogen-bond acceptors (Lipinski definition) is 19. The van der Waals surface area contributed by atoms with Crippen LogP contribution in [0.3, 0.4) is 0 Å². The molecule has 26 atom stereocenters. The lowest BCUT2D eigenvalue weighted by Crippen LogP contribution is -2.66. The molecule has 0 aromatic carbocycles. The average molecular weight is 919 g/mol. The van der Waals surface area contributed by atoms with Crippen molar-refractivity contribution in [2.75, 3.05) is 26.4 Å². The fraction of sp³-hybridized carbons (Fsp3) is 0.956. The summed E-state index contributed by atoms with van der Waals surface area (Å²) in [6.07, 6.45) is -16.6. The van der Waals surface area contributed by atoms with Crippen LogP contribution in [0.5, 0.6) is 0 Å². The molecule has 4 aliphatic carbocycles. The first-order valence-corrected chi connectivity index (χ1v) is 23.6. The number of ether oxygens (including phenoxy) is 7. The highest BCUT2D eigenvalue weighted by Crippen LogP contribution is 2.70. The Morgan fingerprint density at radius 2 is 1.25 bits per heavy atom. The van der Waals surface area contributed by atoms with Crippen molar-refractivity contribution >= 4 is 0 Å². The molecule has 4 aliphatic heterocycles. The lowest BCUT2D eigenvalue weighted by molar-refractivity contribution is -0.370. The molecular weight excluding hydrogens is 844 g/mol. The summed E-state index contributed by atoms with van der Waals surface area (Å²) in [5.74, 6) is 1.82. The molecule has 0 radical (unpaired) electrons. The molecular formula is C45H74O19. The number of allylic oxidation sites excluding steroid dienone is 1. The van der Waals surface area contributed by atoms with E-state index in [4.69, 9.17) is 33.2 Å². The zero-order valence-electron chi connectivity index (χ0n) is 37.3. The zero-order valence-corrected chi connectivity index (χ0v) is 37.3. The molecule has 4 saturated carbocycles. The third-order valence-electron chi connectivity index (χ3n) is 17.4. The van der Waals surface area contributed by atoms with Gasteiger partial charge in [0.2, 0.25) is 0 Å². The quantitative estimate of drug-likeness (QED) is 0.0902. The smallest absolute Gasteiger partial charge is 0.187 e. The second kappa shape index (κ2) is 19.3. The lowest BCUT2D eigenvalue weighted by Gasteiger charge is -2.63. The molecule has 7 fully saturated rings. The van der Waals surface area contributed by atoms with Gasteiger partial charge < -0.3 is 94.4 Å². The normalized spacial score (nSPS) is 53.2. The predicted octanol–water partition coefficient (Wildman–Crippen LogP) is -1.86. The summed E-state index contributed by atoms with van der Waals surface area (Å²) >= 11 is 0. The van der Waals surface area contributed by atoms with Gasteiger partial charge in [0.05, 0.1) is 44.4 Å². The number of rotatable bonds is 13. The third kappa shape index (κ3) is 8.52. The minimum Gasteiger partial charge on any atom is -0.494 e. The molecule has 19 nitrogen and oxygen atoms in total. The first-order valence-electron chi connectivity index (χ1n) is 23.6. The van der Waals surface area contributed by atoms with Gasteiger partial charge in [-0.15, -0.1) is 0 Å². The molecule has 0 bridgehead atoms. The summed E-state index contributed by atoms with van der Waals surface area (Å²) in [6, 6.07) is 0. The SMILES string of the molecule is CC1=C(CC[C@H](C)CO[C@@H]2O[C@H](CO)[C@@H](O)[C@H](O)[C@H]2O)O[C@H]2C[C@H]3[C@@H]4CC[C@@H]5C[C@@H](O)CC[C@]5(C)[C@H]4CC(O[C@@H]4O[C@H](CO)[C@@H](O)[C@H](O[C@@H]5O[C@H](CO)[C@@H](O)[C@H](O)[C@H]5O)[C@H]4O)[C@]3(C)[C@@H]12. The summed E-state index contributed by atoms with van der Waals surface area (Å²) in [5.41, 5.74) is 0.495. The van der Waals surface area contributed by atoms with Crippen molar-refractivity contribution in [3.63, 3.8) is 0 Å². The van der Waals surface area contributed by atoms with E-state index in [0.717, 1.165) is 43.4 Å². The van der Waals surface area contributed by atoms with Gasteiger partial charge in [-0.25, -0.2) is 0 Å². The Morgan fingerprint density at radius 3 is 1.89 bits per heavy atom. The van der Waals surface area contributed by atoms with Crippen LogP contribution in [0.25, 0.3) is 0 Å². The first-order chi connectivity index (χ1) is 30.4. The minimum absolute atomic E-state index is 0.0330. The Kier molecular flexibility index (Phi) is 14.9. The Morgan fingerprint density at radius 1 is 0.656 bits per heavy atom. The van der Waals surface area contributed by atoms with E-state index in [9.17, 15) is 61.3 Å². The van der Waals surface area contributed by atoms with Gasteiger partial charge in [0.1, 0.15) is 79.4 Å². The molecule has 0 aromatic heterocycles. The van der Waals surface area contributed by atoms with Gasteiger partial charge in [0, 0.05) is 17.8 Å². The summed E-state index contributed by atoms with van der Waals surface area (Å²) in [6.45, 7) is 6.92. The van der Waals surface area contributed by atoms with Crippen LogP contribution in [0.4, 0.5) is 0 Å².